The highest BCUT2D eigenvalue weighted by atomic mass is 19.1. The van der Waals surface area contributed by atoms with Crippen molar-refractivity contribution in [2.45, 2.75) is 76.3 Å². The van der Waals surface area contributed by atoms with Crippen LogP contribution in [-0.2, 0) is 24.3 Å². The number of hydrogen-bond donors (Lipinski definition) is 3. The van der Waals surface area contributed by atoms with Crippen LogP contribution in [-0.4, -0.2) is 45.1 Å². The molecule has 1 aromatic heterocycles. The topological polar surface area (TPSA) is 94.6 Å². The van der Waals surface area contributed by atoms with Crippen molar-refractivity contribution in [2.24, 2.45) is 5.92 Å². The molecule has 5 rings (SSSR count). The van der Waals surface area contributed by atoms with Gasteiger partial charge in [-0.15, -0.1) is 0 Å². The van der Waals surface area contributed by atoms with E-state index in [2.05, 4.69) is 21.7 Å². The Morgan fingerprint density at radius 1 is 1.12 bits per heavy atom. The number of aliphatic hydroxyl groups excluding tert-OH is 1. The minimum Gasteiger partial charge on any atom is -0.372 e. The first-order chi connectivity index (χ1) is 16.5. The molecule has 2 aliphatic heterocycles. The van der Waals surface area contributed by atoms with Crippen molar-refractivity contribution in [3.63, 3.8) is 0 Å². The predicted molar refractivity (Wildman–Crippen MR) is 124 cm³/mol. The molecule has 1 aliphatic carbocycles. The summed E-state index contributed by atoms with van der Waals surface area (Å²) in [4.78, 5) is 30.1. The Morgan fingerprint density at radius 3 is 2.79 bits per heavy atom. The minimum atomic E-state index is -1.03. The number of nitrogens with zero attached hydrogens (tertiary/aromatic N) is 2. The number of benzene rings is 1. The average Bonchev–Trinajstić information content (AvgIpc) is 3.14. The maximum atomic E-state index is 13.5. The summed E-state index contributed by atoms with van der Waals surface area (Å²) in [6, 6.07) is 7.56. The molecule has 2 fully saturated rings. The number of halogens is 1. The lowest BCUT2D eigenvalue weighted by atomic mass is 9.80. The van der Waals surface area contributed by atoms with Crippen molar-refractivity contribution in [1.29, 1.82) is 0 Å². The van der Waals surface area contributed by atoms with Gasteiger partial charge in [-0.2, -0.15) is 0 Å². The lowest BCUT2D eigenvalue weighted by molar-refractivity contribution is -0.129. The van der Waals surface area contributed by atoms with Gasteiger partial charge >= 0.3 is 0 Å². The molecule has 3 heterocycles. The van der Waals surface area contributed by atoms with Gasteiger partial charge in [0, 0.05) is 37.3 Å². The van der Waals surface area contributed by atoms with Crippen LogP contribution in [0.25, 0.3) is 0 Å². The summed E-state index contributed by atoms with van der Waals surface area (Å²) in [5.74, 6) is -0.108. The Morgan fingerprint density at radius 2 is 1.97 bits per heavy atom. The molecule has 1 aromatic carbocycles. The third-order valence-corrected chi connectivity index (χ3v) is 7.48. The first-order valence-electron chi connectivity index (χ1n) is 12.2. The molecule has 1 saturated carbocycles. The van der Waals surface area contributed by atoms with E-state index in [1.807, 2.05) is 12.1 Å². The molecule has 8 heteroatoms. The summed E-state index contributed by atoms with van der Waals surface area (Å²) in [5, 5.41) is 16.5. The van der Waals surface area contributed by atoms with Gasteiger partial charge in [-0.3, -0.25) is 14.6 Å². The Balaban J connectivity index is 1.25. The van der Waals surface area contributed by atoms with Gasteiger partial charge in [0.15, 0.2) is 0 Å². The molecular weight excluding hydrogens is 435 g/mol. The van der Waals surface area contributed by atoms with Crippen molar-refractivity contribution in [3.05, 3.63) is 64.7 Å². The molecule has 2 aromatic rings. The second-order valence-electron chi connectivity index (χ2n) is 9.79. The highest BCUT2D eigenvalue weighted by molar-refractivity contribution is 5.98. The van der Waals surface area contributed by atoms with E-state index >= 15 is 0 Å². The standard InChI is InChI=1S/C26H31FN4O3/c27-20-11-17(12-28-14-20)13-29-22-4-2-1-3-18(22)9-16-5-6-21-19(10-16)15-31(26(21)34)23-7-8-24(32)30-25(23)33/h5-6,10-12,14,18,22-23,25,29,33H,1-4,7-9,13,15H2,(H,30,32)/t18-,22+,23?,25?/m1/s1. The van der Waals surface area contributed by atoms with Gasteiger partial charge < -0.3 is 20.6 Å². The van der Waals surface area contributed by atoms with Crippen LogP contribution in [0.15, 0.2) is 36.7 Å². The van der Waals surface area contributed by atoms with Gasteiger partial charge in [0.25, 0.3) is 5.91 Å². The third kappa shape index (κ3) is 4.83. The van der Waals surface area contributed by atoms with Crippen LogP contribution in [0.1, 0.15) is 65.6 Å². The van der Waals surface area contributed by atoms with E-state index in [-0.39, 0.29) is 17.6 Å². The van der Waals surface area contributed by atoms with E-state index in [1.54, 1.807) is 11.1 Å². The van der Waals surface area contributed by atoms with E-state index in [0.29, 0.717) is 43.5 Å². The van der Waals surface area contributed by atoms with Gasteiger partial charge in [-0.1, -0.05) is 25.0 Å². The fourth-order valence-electron chi connectivity index (χ4n) is 5.71. The maximum Gasteiger partial charge on any atom is 0.254 e. The maximum absolute atomic E-state index is 13.5. The number of carbonyl (C=O) groups excluding carboxylic acids is 2. The highest BCUT2D eigenvalue weighted by Crippen LogP contribution is 2.32. The first-order valence-corrected chi connectivity index (χ1v) is 12.2. The van der Waals surface area contributed by atoms with E-state index in [1.165, 1.54) is 30.7 Å². The molecule has 3 aliphatic rings. The van der Waals surface area contributed by atoms with Crippen molar-refractivity contribution >= 4 is 11.8 Å². The molecule has 0 bridgehead atoms. The van der Waals surface area contributed by atoms with Crippen LogP contribution in [0.5, 0.6) is 0 Å². The molecule has 2 amide bonds. The number of fused-ring (bicyclic) bond motifs is 1. The van der Waals surface area contributed by atoms with Crippen LogP contribution < -0.4 is 10.6 Å². The monoisotopic (exact) mass is 466 g/mol. The zero-order valence-electron chi connectivity index (χ0n) is 19.2. The molecule has 2 unspecified atom stereocenters. The van der Waals surface area contributed by atoms with Gasteiger partial charge in [-0.05, 0) is 60.4 Å². The van der Waals surface area contributed by atoms with Gasteiger partial charge in [0.2, 0.25) is 5.91 Å². The van der Waals surface area contributed by atoms with Crippen molar-refractivity contribution < 1.29 is 19.1 Å². The molecule has 0 spiro atoms. The Hall–Kier alpha value is -2.84. The van der Waals surface area contributed by atoms with Gasteiger partial charge in [0.05, 0.1) is 12.2 Å². The summed E-state index contributed by atoms with van der Waals surface area (Å²) in [6.45, 7) is 1.05. The number of aliphatic hydroxyl groups is 1. The number of hydrogen-bond acceptors (Lipinski definition) is 5. The van der Waals surface area contributed by atoms with Gasteiger partial charge in [-0.25, -0.2) is 4.39 Å². The van der Waals surface area contributed by atoms with E-state index in [0.717, 1.165) is 30.4 Å². The molecule has 3 N–H and O–H groups in total. The molecule has 4 atom stereocenters. The third-order valence-electron chi connectivity index (χ3n) is 7.48. The Kier molecular flexibility index (Phi) is 6.61. The zero-order chi connectivity index (χ0) is 23.7. The second kappa shape index (κ2) is 9.80. The molecule has 1 saturated heterocycles. The van der Waals surface area contributed by atoms with E-state index in [4.69, 9.17) is 0 Å². The zero-order valence-corrected chi connectivity index (χ0v) is 19.2. The average molecular weight is 467 g/mol. The van der Waals surface area contributed by atoms with E-state index < -0.39 is 12.3 Å². The van der Waals surface area contributed by atoms with Crippen molar-refractivity contribution in [1.82, 2.24) is 20.5 Å². The fourth-order valence-corrected chi connectivity index (χ4v) is 5.71. The number of nitrogens with one attached hydrogen (secondary N) is 2. The normalized spacial score (nSPS) is 26.9. The second-order valence-corrected chi connectivity index (χ2v) is 9.79. The largest absolute Gasteiger partial charge is 0.372 e. The lowest BCUT2D eigenvalue weighted by Gasteiger charge is -2.35. The number of carbonyl (C=O) groups is 2. The molecule has 7 nitrogen and oxygen atoms in total. The minimum absolute atomic E-state index is 0.0809. The van der Waals surface area contributed by atoms with Crippen molar-refractivity contribution in [2.75, 3.05) is 0 Å². The summed E-state index contributed by atoms with van der Waals surface area (Å²) in [6.07, 6.45) is 8.21. The number of piperidine rings is 1. The number of amides is 2. The highest BCUT2D eigenvalue weighted by Gasteiger charge is 2.39. The van der Waals surface area contributed by atoms with E-state index in [9.17, 15) is 19.1 Å². The number of aromatic nitrogens is 1. The van der Waals surface area contributed by atoms with Crippen LogP contribution >= 0.6 is 0 Å². The van der Waals surface area contributed by atoms with Gasteiger partial charge in [0.1, 0.15) is 12.0 Å². The SMILES string of the molecule is O=C1CCC(N2Cc3cc(C[C@H]4CCCC[C@@H]4NCc4cncc(F)c4)ccc3C2=O)C(O)N1. The smallest absolute Gasteiger partial charge is 0.254 e. The lowest BCUT2D eigenvalue weighted by Crippen LogP contribution is -2.55. The fraction of sp³-hybridized carbons (Fsp3) is 0.500. The predicted octanol–water partition coefficient (Wildman–Crippen LogP) is 2.66. The van der Waals surface area contributed by atoms with Crippen LogP contribution in [0, 0.1) is 11.7 Å². The summed E-state index contributed by atoms with van der Waals surface area (Å²) in [7, 11) is 0. The Labute approximate surface area is 198 Å². The summed E-state index contributed by atoms with van der Waals surface area (Å²) in [5.41, 5.74) is 3.72. The number of rotatable bonds is 6. The van der Waals surface area contributed by atoms with Crippen LogP contribution in [0.2, 0.25) is 0 Å². The first kappa shape index (κ1) is 22.9. The number of pyridine rings is 1. The summed E-state index contributed by atoms with van der Waals surface area (Å²) < 4.78 is 13.5. The Bertz CT molecular complexity index is 1080. The molecule has 34 heavy (non-hydrogen) atoms. The molecular formula is C26H31FN4O3. The van der Waals surface area contributed by atoms with Crippen LogP contribution in [0.3, 0.4) is 0 Å². The van der Waals surface area contributed by atoms with Crippen molar-refractivity contribution in [3.8, 4) is 0 Å². The molecule has 0 radical (unpaired) electrons. The quantitative estimate of drug-likeness (QED) is 0.609. The summed E-state index contributed by atoms with van der Waals surface area (Å²) >= 11 is 0. The molecule has 180 valence electrons. The van der Waals surface area contributed by atoms with Crippen LogP contribution in [0.4, 0.5) is 4.39 Å².